The van der Waals surface area contributed by atoms with Gasteiger partial charge in [0.25, 0.3) is 5.91 Å². The molecule has 138 valence electrons. The third-order valence-corrected chi connectivity index (χ3v) is 3.39. The lowest BCUT2D eigenvalue weighted by Crippen LogP contribution is -2.27. The van der Waals surface area contributed by atoms with Gasteiger partial charge in [-0.2, -0.15) is 0 Å². The number of carbonyl (C=O) groups is 2. The molecule has 0 saturated carbocycles. The second-order valence-electron chi connectivity index (χ2n) is 6.99. The lowest BCUT2D eigenvalue weighted by atomic mass is 10.1. The first-order valence-electron chi connectivity index (χ1n) is 8.30. The van der Waals surface area contributed by atoms with Crippen molar-refractivity contribution in [2.45, 2.75) is 39.9 Å². The van der Waals surface area contributed by atoms with E-state index in [1.165, 1.54) is 0 Å². The third-order valence-electron chi connectivity index (χ3n) is 3.39. The molecule has 0 radical (unpaired) electrons. The fraction of sp³-hybridized carbons (Fsp3) is 0.300. The number of amides is 2. The van der Waals surface area contributed by atoms with Crippen LogP contribution in [0.5, 0.6) is 0 Å². The van der Waals surface area contributed by atoms with E-state index in [-0.39, 0.29) is 12.5 Å². The average Bonchev–Trinajstić information content (AvgIpc) is 2.54. The van der Waals surface area contributed by atoms with Gasteiger partial charge < -0.3 is 15.2 Å². The molecule has 0 bridgehead atoms. The Balaban J connectivity index is 2.18. The summed E-state index contributed by atoms with van der Waals surface area (Å²) in [5.41, 5.74) is 2.24. The summed E-state index contributed by atoms with van der Waals surface area (Å²) in [5.74, 6) is -0.332. The Bertz CT molecular complexity index is 810. The highest BCUT2D eigenvalue weighted by Gasteiger charge is 2.18. The van der Waals surface area contributed by atoms with Crippen molar-refractivity contribution in [3.63, 3.8) is 0 Å². The number of benzene rings is 2. The fourth-order valence-electron chi connectivity index (χ4n) is 2.39. The van der Waals surface area contributed by atoms with Crippen LogP contribution in [0.2, 0.25) is 0 Å². The summed E-state index contributed by atoms with van der Waals surface area (Å²) in [6, 6.07) is 12.0. The number of carbonyl (C=O) groups excluding carboxylic acids is 2. The van der Waals surface area contributed by atoms with Gasteiger partial charge >= 0.3 is 6.09 Å². The number of aliphatic hydroxyl groups is 1. The van der Waals surface area contributed by atoms with Gasteiger partial charge in [-0.25, -0.2) is 4.79 Å². The molecule has 6 nitrogen and oxygen atoms in total. The van der Waals surface area contributed by atoms with Crippen LogP contribution in [-0.4, -0.2) is 22.7 Å². The molecule has 0 unspecified atom stereocenters. The molecule has 0 aliphatic rings. The van der Waals surface area contributed by atoms with Gasteiger partial charge in [-0.15, -0.1) is 0 Å². The highest BCUT2D eigenvalue weighted by atomic mass is 16.6. The van der Waals surface area contributed by atoms with E-state index in [9.17, 15) is 14.7 Å². The number of para-hydroxylation sites is 2. The van der Waals surface area contributed by atoms with Crippen LogP contribution in [0.25, 0.3) is 0 Å². The van der Waals surface area contributed by atoms with Gasteiger partial charge in [0.05, 0.1) is 18.0 Å². The standard InChI is InChI=1S/C20H24N2O4/c1-13-9-14(12-23)11-15(10-13)18(24)21-16-7-5-6-8-17(16)22-19(25)26-20(2,3)4/h5-11,23H,12H2,1-4H3,(H,21,24)(H,22,25). The minimum absolute atomic E-state index is 0.140. The van der Waals surface area contributed by atoms with E-state index in [0.29, 0.717) is 22.5 Å². The van der Waals surface area contributed by atoms with Crippen molar-refractivity contribution in [1.82, 2.24) is 0 Å². The van der Waals surface area contributed by atoms with Crippen LogP contribution in [0.4, 0.5) is 16.2 Å². The van der Waals surface area contributed by atoms with Crippen LogP contribution >= 0.6 is 0 Å². The molecule has 2 rings (SSSR count). The van der Waals surface area contributed by atoms with Gasteiger partial charge in [0, 0.05) is 5.56 Å². The topological polar surface area (TPSA) is 87.7 Å². The summed E-state index contributed by atoms with van der Waals surface area (Å²) in [6.45, 7) is 7.04. The molecule has 2 amide bonds. The van der Waals surface area contributed by atoms with Crippen LogP contribution in [0, 0.1) is 6.92 Å². The normalized spacial score (nSPS) is 11.0. The van der Waals surface area contributed by atoms with Gasteiger partial charge in [0.1, 0.15) is 5.60 Å². The fourth-order valence-corrected chi connectivity index (χ4v) is 2.39. The Morgan fingerprint density at radius 3 is 2.23 bits per heavy atom. The van der Waals surface area contributed by atoms with Gasteiger partial charge in [-0.3, -0.25) is 10.1 Å². The van der Waals surface area contributed by atoms with Crippen LogP contribution in [0.3, 0.4) is 0 Å². The molecule has 0 saturated heterocycles. The maximum absolute atomic E-state index is 12.6. The summed E-state index contributed by atoms with van der Waals surface area (Å²) in [5, 5.41) is 14.7. The zero-order valence-corrected chi connectivity index (χ0v) is 15.4. The van der Waals surface area contributed by atoms with Crippen molar-refractivity contribution in [3.05, 3.63) is 59.2 Å². The minimum atomic E-state index is -0.621. The zero-order valence-electron chi connectivity index (χ0n) is 15.4. The number of anilines is 2. The van der Waals surface area contributed by atoms with Crippen molar-refractivity contribution < 1.29 is 19.4 Å². The molecule has 26 heavy (non-hydrogen) atoms. The molecule has 0 aromatic heterocycles. The number of nitrogens with one attached hydrogen (secondary N) is 2. The van der Waals surface area contributed by atoms with E-state index in [1.54, 1.807) is 57.2 Å². The average molecular weight is 356 g/mol. The smallest absolute Gasteiger partial charge is 0.412 e. The van der Waals surface area contributed by atoms with E-state index in [1.807, 2.05) is 13.0 Å². The number of hydrogen-bond donors (Lipinski definition) is 3. The number of aliphatic hydroxyl groups excluding tert-OH is 1. The number of rotatable bonds is 4. The lowest BCUT2D eigenvalue weighted by Gasteiger charge is -2.20. The monoisotopic (exact) mass is 356 g/mol. The highest BCUT2D eigenvalue weighted by molar-refractivity contribution is 6.07. The SMILES string of the molecule is Cc1cc(CO)cc(C(=O)Nc2ccccc2NC(=O)OC(C)(C)C)c1. The summed E-state index contributed by atoms with van der Waals surface area (Å²) in [7, 11) is 0. The molecule has 0 heterocycles. The summed E-state index contributed by atoms with van der Waals surface area (Å²) in [4.78, 5) is 24.6. The molecule has 0 aliphatic heterocycles. The minimum Gasteiger partial charge on any atom is -0.444 e. The zero-order chi connectivity index (χ0) is 19.3. The predicted octanol–water partition coefficient (Wildman–Crippen LogP) is 4.09. The van der Waals surface area contributed by atoms with Crippen molar-refractivity contribution >= 4 is 23.4 Å². The molecular formula is C20H24N2O4. The van der Waals surface area contributed by atoms with Gasteiger partial charge in [-0.05, 0) is 63.1 Å². The highest BCUT2D eigenvalue weighted by Crippen LogP contribution is 2.23. The Kier molecular flexibility index (Phi) is 6.00. The quantitative estimate of drug-likeness (QED) is 0.770. The van der Waals surface area contributed by atoms with Crippen LogP contribution < -0.4 is 10.6 Å². The summed E-state index contributed by atoms with van der Waals surface area (Å²) < 4.78 is 5.24. The van der Waals surface area contributed by atoms with Crippen LogP contribution in [0.1, 0.15) is 42.3 Å². The molecule has 0 atom stereocenters. The first-order valence-corrected chi connectivity index (χ1v) is 8.30. The molecule has 6 heteroatoms. The van der Waals surface area contributed by atoms with E-state index >= 15 is 0 Å². The molecule has 2 aromatic carbocycles. The van der Waals surface area contributed by atoms with Crippen LogP contribution in [-0.2, 0) is 11.3 Å². The number of ether oxygens (including phenoxy) is 1. The molecular weight excluding hydrogens is 332 g/mol. The van der Waals surface area contributed by atoms with Crippen molar-refractivity contribution in [1.29, 1.82) is 0 Å². The van der Waals surface area contributed by atoms with Gasteiger partial charge in [-0.1, -0.05) is 18.2 Å². The van der Waals surface area contributed by atoms with E-state index in [2.05, 4.69) is 10.6 Å². The molecule has 2 aromatic rings. The molecule has 0 spiro atoms. The summed E-state index contributed by atoms with van der Waals surface area (Å²) >= 11 is 0. The molecule has 0 fully saturated rings. The predicted molar refractivity (Wildman–Crippen MR) is 101 cm³/mol. The molecule has 0 aliphatic carbocycles. The maximum Gasteiger partial charge on any atom is 0.412 e. The van der Waals surface area contributed by atoms with Crippen molar-refractivity contribution in [3.8, 4) is 0 Å². The third kappa shape index (κ3) is 5.60. The van der Waals surface area contributed by atoms with E-state index in [0.717, 1.165) is 5.56 Å². The Morgan fingerprint density at radius 2 is 1.65 bits per heavy atom. The lowest BCUT2D eigenvalue weighted by molar-refractivity contribution is 0.0635. The van der Waals surface area contributed by atoms with E-state index < -0.39 is 11.7 Å². The van der Waals surface area contributed by atoms with Crippen LogP contribution in [0.15, 0.2) is 42.5 Å². The second-order valence-corrected chi connectivity index (χ2v) is 6.99. The van der Waals surface area contributed by atoms with Gasteiger partial charge in [0.2, 0.25) is 0 Å². The van der Waals surface area contributed by atoms with E-state index in [4.69, 9.17) is 4.74 Å². The first kappa shape index (κ1) is 19.5. The van der Waals surface area contributed by atoms with Crippen molar-refractivity contribution in [2.24, 2.45) is 0 Å². The van der Waals surface area contributed by atoms with Gasteiger partial charge in [0.15, 0.2) is 0 Å². The maximum atomic E-state index is 12.6. The Labute approximate surface area is 153 Å². The largest absolute Gasteiger partial charge is 0.444 e. The Hall–Kier alpha value is -2.86. The number of aryl methyl sites for hydroxylation is 1. The number of hydrogen-bond acceptors (Lipinski definition) is 4. The summed E-state index contributed by atoms with van der Waals surface area (Å²) in [6.07, 6.45) is -0.600. The second kappa shape index (κ2) is 8.01. The molecule has 3 N–H and O–H groups in total. The van der Waals surface area contributed by atoms with Crippen molar-refractivity contribution in [2.75, 3.05) is 10.6 Å². The first-order chi connectivity index (χ1) is 12.2. The Morgan fingerprint density at radius 1 is 1.04 bits per heavy atom.